The van der Waals surface area contributed by atoms with Crippen molar-refractivity contribution in [2.75, 3.05) is 38.1 Å². The standard InChI is InChI=1S/C25H30Cl2N4O4/c26-19-4-1-5-20(27)22(19)24(32)30-21(25(33)34)9-13-31-12-8-18(15-31)35-14-10-17-7-6-16-3-2-11-28-23(16)29-17/h1,4-7,18,21H,2-3,8-15H2,(H,28,29)(H,30,32)(H,33,34)/t18-,21+/m1/s1. The number of rotatable bonds is 10. The summed E-state index contributed by atoms with van der Waals surface area (Å²) in [5, 5.41) is 15.9. The minimum absolute atomic E-state index is 0.0842. The Morgan fingerprint density at radius 2 is 2.06 bits per heavy atom. The van der Waals surface area contributed by atoms with Crippen molar-refractivity contribution >= 4 is 40.9 Å². The van der Waals surface area contributed by atoms with Gasteiger partial charge in [0.1, 0.15) is 11.9 Å². The zero-order valence-electron chi connectivity index (χ0n) is 19.4. The second-order valence-electron chi connectivity index (χ2n) is 8.92. The van der Waals surface area contributed by atoms with Gasteiger partial charge in [0.15, 0.2) is 0 Å². The smallest absolute Gasteiger partial charge is 0.326 e. The molecule has 0 aliphatic carbocycles. The zero-order valence-corrected chi connectivity index (χ0v) is 20.9. The SMILES string of the molecule is O=C(N[C@@H](CCN1CC[C@@H](OCCc2ccc3c(n2)NCCC3)C1)C(=O)O)c1c(Cl)cccc1Cl. The second-order valence-corrected chi connectivity index (χ2v) is 9.74. The first-order chi connectivity index (χ1) is 16.9. The fourth-order valence-electron chi connectivity index (χ4n) is 4.49. The van der Waals surface area contributed by atoms with Gasteiger partial charge in [0.2, 0.25) is 0 Å². The molecule has 8 nitrogen and oxygen atoms in total. The van der Waals surface area contributed by atoms with Crippen LogP contribution in [0.25, 0.3) is 0 Å². The number of carbonyl (C=O) groups is 2. The summed E-state index contributed by atoms with van der Waals surface area (Å²) in [7, 11) is 0. The quantitative estimate of drug-likeness (QED) is 0.439. The summed E-state index contributed by atoms with van der Waals surface area (Å²) in [6, 6.07) is 7.90. The number of anilines is 1. The van der Waals surface area contributed by atoms with Crippen LogP contribution in [-0.2, 0) is 22.4 Å². The van der Waals surface area contributed by atoms with E-state index in [9.17, 15) is 14.7 Å². The largest absolute Gasteiger partial charge is 0.480 e. The van der Waals surface area contributed by atoms with E-state index in [1.807, 2.05) is 0 Å². The number of halogens is 2. The number of aliphatic carboxylic acids is 1. The topological polar surface area (TPSA) is 104 Å². The highest BCUT2D eigenvalue weighted by Gasteiger charge is 2.27. The number of nitrogens with one attached hydrogen (secondary N) is 2. The van der Waals surface area contributed by atoms with Crippen molar-refractivity contribution in [1.82, 2.24) is 15.2 Å². The number of aromatic nitrogens is 1. The van der Waals surface area contributed by atoms with Crippen LogP contribution >= 0.6 is 23.2 Å². The summed E-state index contributed by atoms with van der Waals surface area (Å²) in [6.07, 6.45) is 4.23. The van der Waals surface area contributed by atoms with Gasteiger partial charge in [-0.3, -0.25) is 4.79 Å². The molecule has 3 heterocycles. The number of likely N-dealkylation sites (tertiary alicyclic amines) is 1. The normalized spacial score (nSPS) is 18.5. The summed E-state index contributed by atoms with van der Waals surface area (Å²) in [4.78, 5) is 31.2. The molecule has 0 radical (unpaired) electrons. The number of benzene rings is 1. The Morgan fingerprint density at radius 1 is 1.26 bits per heavy atom. The Hall–Kier alpha value is -2.39. The summed E-state index contributed by atoms with van der Waals surface area (Å²) in [6.45, 7) is 3.65. The number of carboxylic acid groups (broad SMARTS) is 1. The molecule has 2 aliphatic heterocycles. The van der Waals surface area contributed by atoms with Gasteiger partial charge in [-0.2, -0.15) is 0 Å². The predicted molar refractivity (Wildman–Crippen MR) is 136 cm³/mol. The average Bonchev–Trinajstić information content (AvgIpc) is 3.29. The van der Waals surface area contributed by atoms with Gasteiger partial charge in [0.05, 0.1) is 28.3 Å². The van der Waals surface area contributed by atoms with E-state index in [4.69, 9.17) is 32.9 Å². The van der Waals surface area contributed by atoms with E-state index in [0.717, 1.165) is 56.8 Å². The predicted octanol–water partition coefficient (Wildman–Crippen LogP) is 3.65. The Balaban J connectivity index is 1.20. The first kappa shape index (κ1) is 25.7. The number of fused-ring (bicyclic) bond motifs is 1. The van der Waals surface area contributed by atoms with Crippen molar-refractivity contribution in [3.05, 3.63) is 57.2 Å². The zero-order chi connectivity index (χ0) is 24.8. The van der Waals surface area contributed by atoms with Crippen LogP contribution in [0.5, 0.6) is 0 Å². The third kappa shape index (κ3) is 6.85. The molecule has 1 fully saturated rings. The first-order valence-corrected chi connectivity index (χ1v) is 12.7. The van der Waals surface area contributed by atoms with E-state index >= 15 is 0 Å². The third-order valence-corrected chi connectivity index (χ3v) is 7.05. The molecule has 4 rings (SSSR count). The van der Waals surface area contributed by atoms with Crippen molar-refractivity contribution in [2.45, 2.75) is 44.2 Å². The van der Waals surface area contributed by atoms with Crippen molar-refractivity contribution in [3.8, 4) is 0 Å². The molecule has 1 saturated heterocycles. The molecule has 188 valence electrons. The number of amides is 1. The molecule has 35 heavy (non-hydrogen) atoms. The van der Waals surface area contributed by atoms with E-state index in [1.165, 1.54) is 5.56 Å². The lowest BCUT2D eigenvalue weighted by atomic mass is 10.1. The lowest BCUT2D eigenvalue weighted by Gasteiger charge is -2.20. The maximum Gasteiger partial charge on any atom is 0.326 e. The molecular weight excluding hydrogens is 491 g/mol. The Morgan fingerprint density at radius 3 is 2.83 bits per heavy atom. The van der Waals surface area contributed by atoms with Crippen molar-refractivity contribution in [3.63, 3.8) is 0 Å². The summed E-state index contributed by atoms with van der Waals surface area (Å²) >= 11 is 12.1. The van der Waals surface area contributed by atoms with Gasteiger partial charge in [0.25, 0.3) is 5.91 Å². The van der Waals surface area contributed by atoms with Gasteiger partial charge >= 0.3 is 5.97 Å². The number of hydrogen-bond acceptors (Lipinski definition) is 6. The summed E-state index contributed by atoms with van der Waals surface area (Å²) in [5.41, 5.74) is 2.38. The van der Waals surface area contributed by atoms with Crippen LogP contribution in [0.4, 0.5) is 5.82 Å². The highest BCUT2D eigenvalue weighted by Crippen LogP contribution is 2.24. The molecule has 10 heteroatoms. The Labute approximate surface area is 215 Å². The molecule has 1 aromatic heterocycles. The Kier molecular flexibility index (Phi) is 8.83. The highest BCUT2D eigenvalue weighted by molar-refractivity contribution is 6.39. The maximum atomic E-state index is 12.6. The third-order valence-electron chi connectivity index (χ3n) is 6.42. The number of pyridine rings is 1. The van der Waals surface area contributed by atoms with Crippen LogP contribution in [-0.4, -0.2) is 71.8 Å². The van der Waals surface area contributed by atoms with E-state index < -0.39 is 17.9 Å². The molecule has 1 amide bonds. The molecule has 2 atom stereocenters. The number of nitrogens with zero attached hydrogens (tertiary/aromatic N) is 2. The van der Waals surface area contributed by atoms with Crippen LogP contribution in [0.1, 0.15) is 40.9 Å². The van der Waals surface area contributed by atoms with Crippen molar-refractivity contribution in [1.29, 1.82) is 0 Å². The van der Waals surface area contributed by atoms with Gasteiger partial charge in [0, 0.05) is 38.3 Å². The molecule has 1 aromatic carbocycles. The lowest BCUT2D eigenvalue weighted by molar-refractivity contribution is -0.139. The van der Waals surface area contributed by atoms with E-state index in [2.05, 4.69) is 27.7 Å². The molecular formula is C25H30Cl2N4O4. The van der Waals surface area contributed by atoms with Gasteiger partial charge in [-0.05, 0) is 49.4 Å². The fourth-order valence-corrected chi connectivity index (χ4v) is 5.06. The molecule has 0 unspecified atom stereocenters. The highest BCUT2D eigenvalue weighted by atomic mass is 35.5. The van der Waals surface area contributed by atoms with Gasteiger partial charge in [-0.15, -0.1) is 0 Å². The maximum absolute atomic E-state index is 12.6. The first-order valence-electron chi connectivity index (χ1n) is 11.9. The fraction of sp³-hybridized carbons (Fsp3) is 0.480. The summed E-state index contributed by atoms with van der Waals surface area (Å²) in [5.74, 6) is -0.695. The molecule has 0 spiro atoms. The van der Waals surface area contributed by atoms with Crippen LogP contribution < -0.4 is 10.6 Å². The van der Waals surface area contributed by atoms with Crippen molar-refractivity contribution < 1.29 is 19.4 Å². The monoisotopic (exact) mass is 520 g/mol. The minimum atomic E-state index is -1.10. The van der Waals surface area contributed by atoms with Crippen LogP contribution in [0.3, 0.4) is 0 Å². The van der Waals surface area contributed by atoms with Crippen LogP contribution in [0, 0.1) is 0 Å². The number of hydrogen-bond donors (Lipinski definition) is 3. The minimum Gasteiger partial charge on any atom is -0.480 e. The van der Waals surface area contributed by atoms with E-state index in [-0.39, 0.29) is 28.1 Å². The molecule has 2 aromatic rings. The number of carbonyl (C=O) groups excluding carboxylic acids is 1. The van der Waals surface area contributed by atoms with E-state index in [1.54, 1.807) is 18.2 Å². The lowest BCUT2D eigenvalue weighted by Crippen LogP contribution is -2.43. The van der Waals surface area contributed by atoms with Gasteiger partial charge < -0.3 is 25.4 Å². The average molecular weight is 521 g/mol. The Bertz CT molecular complexity index is 1050. The van der Waals surface area contributed by atoms with Gasteiger partial charge in [-0.1, -0.05) is 35.3 Å². The number of aryl methyl sites for hydroxylation is 1. The summed E-state index contributed by atoms with van der Waals surface area (Å²) < 4.78 is 6.07. The van der Waals surface area contributed by atoms with Gasteiger partial charge in [-0.25, -0.2) is 9.78 Å². The number of ether oxygens (including phenoxy) is 1. The van der Waals surface area contributed by atoms with Crippen LogP contribution in [0.15, 0.2) is 30.3 Å². The molecule has 3 N–H and O–H groups in total. The van der Waals surface area contributed by atoms with Crippen molar-refractivity contribution in [2.24, 2.45) is 0 Å². The second kappa shape index (κ2) is 12.0. The number of carboxylic acids is 1. The molecule has 0 bridgehead atoms. The molecule has 2 aliphatic rings. The molecule has 0 saturated carbocycles. The van der Waals surface area contributed by atoms with E-state index in [0.29, 0.717) is 13.2 Å². The van der Waals surface area contributed by atoms with Crippen LogP contribution in [0.2, 0.25) is 10.0 Å².